The fraction of sp³-hybridized carbons (Fsp3) is 0.105. The third-order valence-electron chi connectivity index (χ3n) is 4.08. The number of carbonyl (C=O) groups is 1. The Kier molecular flexibility index (Phi) is 3.66. The molecule has 1 amide bonds. The quantitative estimate of drug-likeness (QED) is 0.583. The van der Waals surface area contributed by atoms with E-state index in [0.29, 0.717) is 16.9 Å². The Morgan fingerprint density at radius 2 is 2.00 bits per heavy atom. The number of carbonyl (C=O) groups excluding carboxylic acids is 1. The minimum Gasteiger partial charge on any atom is -0.472 e. The number of fused-ring (bicyclic) bond motifs is 1. The van der Waals surface area contributed by atoms with Crippen molar-refractivity contribution in [3.05, 3.63) is 84.4 Å². The lowest BCUT2D eigenvalue weighted by Gasteiger charge is -2.24. The molecule has 0 aliphatic rings. The molecule has 0 radical (unpaired) electrons. The van der Waals surface area contributed by atoms with Gasteiger partial charge in [-0.2, -0.15) is 0 Å². The zero-order valence-electron chi connectivity index (χ0n) is 13.1. The van der Waals surface area contributed by atoms with Crippen molar-refractivity contribution in [2.24, 2.45) is 0 Å². The Hall–Kier alpha value is -3.25. The van der Waals surface area contributed by atoms with Gasteiger partial charge in [-0.1, -0.05) is 18.2 Å². The van der Waals surface area contributed by atoms with E-state index in [1.807, 2.05) is 18.2 Å². The molecule has 1 aromatic carbocycles. The van der Waals surface area contributed by atoms with Gasteiger partial charge in [0.2, 0.25) is 0 Å². The molecule has 0 saturated heterocycles. The third-order valence-corrected chi connectivity index (χ3v) is 4.08. The van der Waals surface area contributed by atoms with Gasteiger partial charge in [0.1, 0.15) is 11.3 Å². The summed E-state index contributed by atoms with van der Waals surface area (Å²) in [4.78, 5) is 12.4. The van der Waals surface area contributed by atoms with Crippen LogP contribution in [0, 0.1) is 0 Å². The van der Waals surface area contributed by atoms with Gasteiger partial charge in [-0.3, -0.25) is 4.79 Å². The second-order valence-corrected chi connectivity index (χ2v) is 5.68. The normalized spacial score (nSPS) is 13.6. The molecular formula is C19H15NO5. The first-order valence-corrected chi connectivity index (χ1v) is 7.73. The Morgan fingerprint density at radius 1 is 1.12 bits per heavy atom. The molecular weight excluding hydrogens is 322 g/mol. The predicted molar refractivity (Wildman–Crippen MR) is 89.0 cm³/mol. The van der Waals surface area contributed by atoms with E-state index in [4.69, 9.17) is 13.3 Å². The van der Waals surface area contributed by atoms with Crippen LogP contribution in [0.5, 0.6) is 0 Å². The summed E-state index contributed by atoms with van der Waals surface area (Å²) >= 11 is 0. The minimum absolute atomic E-state index is 0.101. The number of nitrogens with one attached hydrogen (secondary N) is 1. The summed E-state index contributed by atoms with van der Waals surface area (Å²) in [6, 6.07) is 13.9. The topological polar surface area (TPSA) is 88.8 Å². The van der Waals surface area contributed by atoms with Crippen molar-refractivity contribution in [2.75, 3.05) is 6.54 Å². The van der Waals surface area contributed by atoms with Crippen molar-refractivity contribution >= 4 is 16.9 Å². The fourth-order valence-corrected chi connectivity index (χ4v) is 2.73. The van der Waals surface area contributed by atoms with Crippen molar-refractivity contribution < 1.29 is 23.2 Å². The number of hydrogen-bond acceptors (Lipinski definition) is 5. The molecule has 1 atom stereocenters. The Balaban J connectivity index is 1.58. The van der Waals surface area contributed by atoms with Gasteiger partial charge in [0, 0.05) is 10.9 Å². The second-order valence-electron chi connectivity index (χ2n) is 5.68. The number of amides is 1. The van der Waals surface area contributed by atoms with Gasteiger partial charge in [-0.15, -0.1) is 0 Å². The number of hydrogen-bond donors (Lipinski definition) is 2. The predicted octanol–water partition coefficient (Wildman–Crippen LogP) is 3.28. The first kappa shape index (κ1) is 15.3. The summed E-state index contributed by atoms with van der Waals surface area (Å²) in [6.07, 6.45) is 4.32. The SMILES string of the molecule is O=C(NCC(O)(c1ccoc1)c1ccco1)c1cc2ccccc2o1. The van der Waals surface area contributed by atoms with E-state index in [1.165, 1.54) is 18.8 Å². The molecule has 2 N–H and O–H groups in total. The standard InChI is InChI=1S/C19H15NO5/c21-18(16-10-13-4-1-2-5-15(13)25-16)20-12-19(22,14-7-9-23-11-14)17-6-3-8-24-17/h1-11,22H,12H2,(H,20,21). The Bertz CT molecular complexity index is 915. The molecule has 0 spiro atoms. The molecule has 0 bridgehead atoms. The average Bonchev–Trinajstić information content (AvgIpc) is 3.40. The molecule has 0 saturated carbocycles. The van der Waals surface area contributed by atoms with Crippen LogP contribution in [0.25, 0.3) is 11.0 Å². The maximum Gasteiger partial charge on any atom is 0.287 e. The first-order valence-electron chi connectivity index (χ1n) is 7.73. The number of aliphatic hydroxyl groups is 1. The van der Waals surface area contributed by atoms with Crippen LogP contribution >= 0.6 is 0 Å². The van der Waals surface area contributed by atoms with Gasteiger partial charge >= 0.3 is 0 Å². The number of furan rings is 3. The van der Waals surface area contributed by atoms with Crippen molar-refractivity contribution in [1.29, 1.82) is 0 Å². The van der Waals surface area contributed by atoms with E-state index in [-0.39, 0.29) is 12.3 Å². The molecule has 25 heavy (non-hydrogen) atoms. The number of rotatable bonds is 5. The lowest BCUT2D eigenvalue weighted by Crippen LogP contribution is -2.41. The van der Waals surface area contributed by atoms with Gasteiger partial charge in [0.05, 0.1) is 25.3 Å². The van der Waals surface area contributed by atoms with Gasteiger partial charge in [0.15, 0.2) is 11.4 Å². The van der Waals surface area contributed by atoms with Gasteiger partial charge < -0.3 is 23.7 Å². The van der Waals surface area contributed by atoms with Crippen molar-refractivity contribution in [3.63, 3.8) is 0 Å². The summed E-state index contributed by atoms with van der Waals surface area (Å²) in [7, 11) is 0. The Labute approximate surface area is 142 Å². The molecule has 4 aromatic rings. The van der Waals surface area contributed by atoms with E-state index in [2.05, 4.69) is 5.32 Å². The number of benzene rings is 1. The van der Waals surface area contributed by atoms with Gasteiger partial charge in [0.25, 0.3) is 5.91 Å². The highest BCUT2D eigenvalue weighted by molar-refractivity contribution is 5.96. The molecule has 0 aliphatic carbocycles. The summed E-state index contributed by atoms with van der Waals surface area (Å²) < 4.78 is 15.9. The molecule has 6 heteroatoms. The summed E-state index contributed by atoms with van der Waals surface area (Å²) in [5.41, 5.74) is -0.436. The van der Waals surface area contributed by atoms with Crippen LogP contribution in [0.2, 0.25) is 0 Å². The molecule has 3 heterocycles. The molecule has 6 nitrogen and oxygen atoms in total. The summed E-state index contributed by atoms with van der Waals surface area (Å²) in [5, 5.41) is 14.6. The maximum atomic E-state index is 12.4. The molecule has 126 valence electrons. The fourth-order valence-electron chi connectivity index (χ4n) is 2.73. The molecule has 4 rings (SSSR count). The smallest absolute Gasteiger partial charge is 0.287 e. The van der Waals surface area contributed by atoms with Crippen LogP contribution in [0.15, 0.2) is 80.6 Å². The molecule has 0 fully saturated rings. The zero-order chi connectivity index (χ0) is 17.3. The molecule has 0 aliphatic heterocycles. The van der Waals surface area contributed by atoms with Crippen LogP contribution in [-0.4, -0.2) is 17.6 Å². The van der Waals surface area contributed by atoms with Crippen LogP contribution < -0.4 is 5.32 Å². The van der Waals surface area contributed by atoms with Crippen molar-refractivity contribution in [3.8, 4) is 0 Å². The van der Waals surface area contributed by atoms with Crippen molar-refractivity contribution in [1.82, 2.24) is 5.32 Å². The summed E-state index contributed by atoms with van der Waals surface area (Å²) in [5.74, 6) is 0.0543. The first-order chi connectivity index (χ1) is 12.2. The molecule has 1 unspecified atom stereocenters. The number of para-hydroxylation sites is 1. The van der Waals surface area contributed by atoms with Crippen LogP contribution in [0.4, 0.5) is 0 Å². The largest absolute Gasteiger partial charge is 0.472 e. The van der Waals surface area contributed by atoms with E-state index in [0.717, 1.165) is 5.39 Å². The second kappa shape index (κ2) is 5.99. The van der Waals surface area contributed by atoms with E-state index < -0.39 is 11.5 Å². The minimum atomic E-state index is -1.54. The van der Waals surface area contributed by atoms with Gasteiger partial charge in [-0.05, 0) is 30.3 Å². The lowest BCUT2D eigenvalue weighted by molar-refractivity contribution is 0.0513. The van der Waals surface area contributed by atoms with E-state index in [1.54, 1.807) is 30.3 Å². The van der Waals surface area contributed by atoms with Crippen LogP contribution in [-0.2, 0) is 5.60 Å². The zero-order valence-corrected chi connectivity index (χ0v) is 13.1. The van der Waals surface area contributed by atoms with Crippen molar-refractivity contribution in [2.45, 2.75) is 5.60 Å². The van der Waals surface area contributed by atoms with Gasteiger partial charge in [-0.25, -0.2) is 0 Å². The highest BCUT2D eigenvalue weighted by Crippen LogP contribution is 2.30. The monoisotopic (exact) mass is 337 g/mol. The third kappa shape index (κ3) is 2.72. The Morgan fingerprint density at radius 3 is 2.72 bits per heavy atom. The average molecular weight is 337 g/mol. The van der Waals surface area contributed by atoms with Crippen LogP contribution in [0.1, 0.15) is 21.9 Å². The van der Waals surface area contributed by atoms with Crippen LogP contribution in [0.3, 0.4) is 0 Å². The van der Waals surface area contributed by atoms with E-state index in [9.17, 15) is 9.90 Å². The lowest BCUT2D eigenvalue weighted by atomic mass is 9.93. The maximum absolute atomic E-state index is 12.4. The van der Waals surface area contributed by atoms with E-state index >= 15 is 0 Å². The molecule has 3 aromatic heterocycles. The highest BCUT2D eigenvalue weighted by atomic mass is 16.4. The summed E-state index contributed by atoms with van der Waals surface area (Å²) in [6.45, 7) is -0.101. The highest BCUT2D eigenvalue weighted by Gasteiger charge is 2.36.